The largest absolute Gasteiger partial charge is 0.329 e. The van der Waals surface area contributed by atoms with Gasteiger partial charge in [-0.1, -0.05) is 13.8 Å². The number of likely N-dealkylation sites (N-methyl/N-ethyl adjacent to an activating group) is 1. The van der Waals surface area contributed by atoms with Crippen molar-refractivity contribution in [2.75, 3.05) is 20.6 Å². The first-order chi connectivity index (χ1) is 7.43. The first-order valence-corrected chi connectivity index (χ1v) is 5.85. The molecule has 0 aromatic carbocycles. The van der Waals surface area contributed by atoms with Gasteiger partial charge in [0.1, 0.15) is 0 Å². The topological polar surface area (TPSA) is 47.1 Å². The summed E-state index contributed by atoms with van der Waals surface area (Å²) in [5, 5.41) is 0. The van der Waals surface area contributed by atoms with Gasteiger partial charge in [0, 0.05) is 24.8 Å². The Hall–Kier alpha value is -0.870. The summed E-state index contributed by atoms with van der Waals surface area (Å²) in [6.07, 6.45) is 3.77. The van der Waals surface area contributed by atoms with Gasteiger partial charge in [0.05, 0.1) is 12.0 Å². The van der Waals surface area contributed by atoms with Gasteiger partial charge in [-0.15, -0.1) is 0 Å². The number of imidazole rings is 1. The lowest BCUT2D eigenvalue weighted by Gasteiger charge is -2.28. The molecule has 0 saturated heterocycles. The van der Waals surface area contributed by atoms with E-state index in [4.69, 9.17) is 5.73 Å². The van der Waals surface area contributed by atoms with Crippen LogP contribution in [0.25, 0.3) is 0 Å². The summed E-state index contributed by atoms with van der Waals surface area (Å²) in [5.41, 5.74) is 7.06. The summed E-state index contributed by atoms with van der Waals surface area (Å²) in [7, 11) is 4.19. The van der Waals surface area contributed by atoms with E-state index in [0.29, 0.717) is 12.0 Å². The summed E-state index contributed by atoms with van der Waals surface area (Å²) in [5.74, 6) is 0.564. The maximum absolute atomic E-state index is 5.95. The lowest BCUT2D eigenvalue weighted by molar-refractivity contribution is 0.263. The van der Waals surface area contributed by atoms with Gasteiger partial charge in [-0.2, -0.15) is 0 Å². The lowest BCUT2D eigenvalue weighted by atomic mass is 10.0. The van der Waals surface area contributed by atoms with Gasteiger partial charge in [0.2, 0.25) is 0 Å². The van der Waals surface area contributed by atoms with E-state index in [1.165, 1.54) is 0 Å². The van der Waals surface area contributed by atoms with E-state index in [-0.39, 0.29) is 6.04 Å². The fraction of sp³-hybridized carbons (Fsp3) is 0.750. The van der Waals surface area contributed by atoms with Crippen LogP contribution in [-0.4, -0.2) is 35.1 Å². The molecule has 0 aliphatic rings. The van der Waals surface area contributed by atoms with Gasteiger partial charge in [0.25, 0.3) is 0 Å². The van der Waals surface area contributed by atoms with Crippen LogP contribution in [-0.2, 0) is 0 Å². The average molecular weight is 224 g/mol. The Bertz CT molecular complexity index is 315. The molecule has 92 valence electrons. The minimum absolute atomic E-state index is 0.0333. The van der Waals surface area contributed by atoms with Crippen molar-refractivity contribution in [1.82, 2.24) is 14.5 Å². The quantitative estimate of drug-likeness (QED) is 0.827. The summed E-state index contributed by atoms with van der Waals surface area (Å²) >= 11 is 0. The van der Waals surface area contributed by atoms with E-state index in [2.05, 4.69) is 42.4 Å². The maximum Gasteiger partial charge on any atom is 0.0951 e. The van der Waals surface area contributed by atoms with Crippen LogP contribution in [0.1, 0.15) is 38.5 Å². The molecule has 1 aromatic heterocycles. The minimum Gasteiger partial charge on any atom is -0.329 e. The first kappa shape index (κ1) is 13.2. The van der Waals surface area contributed by atoms with Gasteiger partial charge in [0.15, 0.2) is 0 Å². The molecule has 0 spiro atoms. The molecule has 1 rings (SSSR count). The van der Waals surface area contributed by atoms with E-state index in [9.17, 15) is 0 Å². The molecular weight excluding hydrogens is 200 g/mol. The molecule has 1 aromatic rings. The fourth-order valence-electron chi connectivity index (χ4n) is 1.94. The number of rotatable bonds is 5. The molecule has 2 atom stereocenters. The van der Waals surface area contributed by atoms with Crippen LogP contribution in [0.5, 0.6) is 0 Å². The van der Waals surface area contributed by atoms with Crippen LogP contribution in [0.15, 0.2) is 12.5 Å². The van der Waals surface area contributed by atoms with Gasteiger partial charge >= 0.3 is 0 Å². The second-order valence-electron chi connectivity index (χ2n) is 5.09. The van der Waals surface area contributed by atoms with Crippen LogP contribution in [0, 0.1) is 5.92 Å². The Morgan fingerprint density at radius 3 is 2.44 bits per heavy atom. The monoisotopic (exact) mass is 224 g/mol. The van der Waals surface area contributed by atoms with E-state index in [0.717, 1.165) is 12.2 Å². The number of hydrogen-bond acceptors (Lipinski definition) is 3. The lowest BCUT2D eigenvalue weighted by Crippen LogP contribution is -2.29. The molecule has 0 aliphatic carbocycles. The number of nitrogens with two attached hydrogens (primary N) is 1. The smallest absolute Gasteiger partial charge is 0.0951 e. The highest BCUT2D eigenvalue weighted by Gasteiger charge is 2.20. The van der Waals surface area contributed by atoms with Gasteiger partial charge in [-0.25, -0.2) is 4.98 Å². The first-order valence-electron chi connectivity index (χ1n) is 5.85. The molecule has 0 aliphatic heterocycles. The van der Waals surface area contributed by atoms with E-state index < -0.39 is 0 Å². The van der Waals surface area contributed by atoms with Gasteiger partial charge in [-0.05, 0) is 26.9 Å². The molecule has 16 heavy (non-hydrogen) atoms. The molecule has 0 amide bonds. The molecule has 0 radical (unpaired) electrons. The van der Waals surface area contributed by atoms with Crippen LogP contribution in [0.4, 0.5) is 0 Å². The highest BCUT2D eigenvalue weighted by molar-refractivity contribution is 5.05. The number of nitrogens with zero attached hydrogens (tertiary/aromatic N) is 3. The SMILES string of the molecule is CC(N)c1cncn1C(CN(C)C)C(C)C. The van der Waals surface area contributed by atoms with Crippen molar-refractivity contribution < 1.29 is 0 Å². The van der Waals surface area contributed by atoms with Crippen molar-refractivity contribution in [3.05, 3.63) is 18.2 Å². The number of hydrogen-bond donors (Lipinski definition) is 1. The molecule has 0 fully saturated rings. The van der Waals surface area contributed by atoms with Crippen LogP contribution in [0.2, 0.25) is 0 Å². The molecule has 2 unspecified atom stereocenters. The summed E-state index contributed by atoms with van der Waals surface area (Å²) in [6, 6.07) is 0.462. The zero-order chi connectivity index (χ0) is 12.3. The molecule has 1 heterocycles. The zero-order valence-corrected chi connectivity index (χ0v) is 11.0. The Morgan fingerprint density at radius 1 is 1.38 bits per heavy atom. The molecular formula is C12H24N4. The van der Waals surface area contributed by atoms with Crippen LogP contribution in [0.3, 0.4) is 0 Å². The second kappa shape index (κ2) is 5.46. The predicted octanol–water partition coefficient (Wildman–Crippen LogP) is 1.66. The van der Waals surface area contributed by atoms with Crippen molar-refractivity contribution in [2.45, 2.75) is 32.9 Å². The van der Waals surface area contributed by atoms with E-state index >= 15 is 0 Å². The van der Waals surface area contributed by atoms with Gasteiger partial charge in [-0.3, -0.25) is 0 Å². The molecule has 2 N–H and O–H groups in total. The Labute approximate surface area is 98.5 Å². The zero-order valence-electron chi connectivity index (χ0n) is 11.0. The minimum atomic E-state index is 0.0333. The van der Waals surface area contributed by atoms with E-state index in [1.54, 1.807) is 0 Å². The normalized spacial score (nSPS) is 15.8. The predicted molar refractivity (Wildman–Crippen MR) is 67.3 cm³/mol. The Morgan fingerprint density at radius 2 is 2.00 bits per heavy atom. The van der Waals surface area contributed by atoms with Crippen molar-refractivity contribution in [1.29, 1.82) is 0 Å². The summed E-state index contributed by atoms with van der Waals surface area (Å²) < 4.78 is 2.22. The van der Waals surface area contributed by atoms with E-state index in [1.807, 2.05) is 19.4 Å². The average Bonchev–Trinajstić information content (AvgIpc) is 2.61. The second-order valence-corrected chi connectivity index (χ2v) is 5.09. The third-order valence-corrected chi connectivity index (χ3v) is 2.84. The van der Waals surface area contributed by atoms with Crippen molar-refractivity contribution in [3.63, 3.8) is 0 Å². The fourth-order valence-corrected chi connectivity index (χ4v) is 1.94. The molecule has 0 saturated carbocycles. The Balaban J connectivity index is 2.96. The standard InChI is InChI=1S/C12H24N4/c1-9(2)12(7-15(4)5)16-8-14-6-11(16)10(3)13/h6,8-10,12H,7,13H2,1-5H3. The van der Waals surface area contributed by atoms with Crippen molar-refractivity contribution >= 4 is 0 Å². The highest BCUT2D eigenvalue weighted by atomic mass is 15.2. The number of aromatic nitrogens is 2. The van der Waals surface area contributed by atoms with Crippen LogP contribution < -0.4 is 5.73 Å². The van der Waals surface area contributed by atoms with Crippen molar-refractivity contribution in [2.24, 2.45) is 11.7 Å². The molecule has 4 heteroatoms. The molecule has 0 bridgehead atoms. The maximum atomic E-state index is 5.95. The third kappa shape index (κ3) is 3.06. The summed E-state index contributed by atoms with van der Waals surface area (Å²) in [6.45, 7) is 7.48. The highest BCUT2D eigenvalue weighted by Crippen LogP contribution is 2.22. The third-order valence-electron chi connectivity index (χ3n) is 2.84. The van der Waals surface area contributed by atoms with Crippen LogP contribution >= 0.6 is 0 Å². The van der Waals surface area contributed by atoms with Crippen molar-refractivity contribution in [3.8, 4) is 0 Å². The molecule has 4 nitrogen and oxygen atoms in total. The van der Waals surface area contributed by atoms with Gasteiger partial charge < -0.3 is 15.2 Å². The Kier molecular flexibility index (Phi) is 4.50. The summed E-state index contributed by atoms with van der Waals surface area (Å²) in [4.78, 5) is 6.42.